The van der Waals surface area contributed by atoms with Crippen molar-refractivity contribution in [2.75, 3.05) is 19.6 Å². The molecule has 0 bridgehead atoms. The Labute approximate surface area is 157 Å². The lowest BCUT2D eigenvalue weighted by molar-refractivity contribution is -0.135. The number of hydrogen-bond acceptors (Lipinski definition) is 2. The van der Waals surface area contributed by atoms with Crippen molar-refractivity contribution in [2.24, 2.45) is 18.0 Å². The Hall–Kier alpha value is -1.98. The first-order valence-corrected chi connectivity index (χ1v) is 10.1. The zero-order chi connectivity index (χ0) is 18.4. The lowest BCUT2D eigenvalue weighted by Gasteiger charge is -2.26. The molecule has 0 radical (unpaired) electrons. The molecule has 2 aliphatic rings. The van der Waals surface area contributed by atoms with Gasteiger partial charge in [-0.1, -0.05) is 19.3 Å². The molecule has 1 unspecified atom stereocenters. The lowest BCUT2D eigenvalue weighted by atomic mass is 9.88. The molecule has 1 aliphatic carbocycles. The van der Waals surface area contributed by atoms with E-state index in [1.54, 1.807) is 0 Å². The number of aliphatic imine (C=N–C) groups is 1. The Bertz CT molecular complexity index is 617. The molecule has 6 nitrogen and oxygen atoms in total. The highest BCUT2D eigenvalue weighted by Crippen LogP contribution is 2.26. The molecule has 6 heteroatoms. The maximum atomic E-state index is 12.7. The van der Waals surface area contributed by atoms with Gasteiger partial charge in [-0.3, -0.25) is 4.79 Å². The fraction of sp³-hybridized carbons (Fsp3) is 0.700. The minimum absolute atomic E-state index is 0.266. The first-order valence-electron chi connectivity index (χ1n) is 10.1. The predicted molar refractivity (Wildman–Crippen MR) is 105 cm³/mol. The fourth-order valence-electron chi connectivity index (χ4n) is 4.02. The molecule has 3 rings (SSSR count). The Morgan fingerprint density at radius 1 is 1.27 bits per heavy atom. The van der Waals surface area contributed by atoms with E-state index in [0.717, 1.165) is 44.9 Å². The highest BCUT2D eigenvalue weighted by atomic mass is 16.2. The van der Waals surface area contributed by atoms with Crippen LogP contribution in [0.4, 0.5) is 0 Å². The second-order valence-corrected chi connectivity index (χ2v) is 7.63. The summed E-state index contributed by atoms with van der Waals surface area (Å²) in [6.45, 7) is 5.23. The SMILES string of the molecule is CCNC(=NCc1ccn(C)c1)NC1CCN(C(=O)C2CCCCC2)C1. The van der Waals surface area contributed by atoms with Crippen LogP contribution in [0.5, 0.6) is 0 Å². The number of aryl methyl sites for hydroxylation is 1. The van der Waals surface area contributed by atoms with Crippen LogP contribution in [0.3, 0.4) is 0 Å². The second-order valence-electron chi connectivity index (χ2n) is 7.63. The van der Waals surface area contributed by atoms with Crippen LogP contribution in [0, 0.1) is 5.92 Å². The van der Waals surface area contributed by atoms with E-state index in [1.165, 1.54) is 24.8 Å². The van der Waals surface area contributed by atoms with E-state index >= 15 is 0 Å². The number of carbonyl (C=O) groups is 1. The molecule has 1 atom stereocenters. The first-order chi connectivity index (χ1) is 12.7. The van der Waals surface area contributed by atoms with Gasteiger partial charge in [0.25, 0.3) is 0 Å². The molecule has 144 valence electrons. The van der Waals surface area contributed by atoms with Crippen LogP contribution >= 0.6 is 0 Å². The molecule has 26 heavy (non-hydrogen) atoms. The van der Waals surface area contributed by atoms with Crippen molar-refractivity contribution in [1.29, 1.82) is 0 Å². The Morgan fingerprint density at radius 3 is 2.77 bits per heavy atom. The van der Waals surface area contributed by atoms with E-state index < -0.39 is 0 Å². The van der Waals surface area contributed by atoms with Gasteiger partial charge in [0.05, 0.1) is 6.54 Å². The molecule has 1 amide bonds. The molecule has 2 N–H and O–H groups in total. The molecule has 1 saturated carbocycles. The third-order valence-electron chi connectivity index (χ3n) is 5.45. The minimum atomic E-state index is 0.266. The number of nitrogens with one attached hydrogen (secondary N) is 2. The number of carbonyl (C=O) groups excluding carboxylic acids is 1. The summed E-state index contributed by atoms with van der Waals surface area (Å²) in [5, 5.41) is 6.84. The molecule has 1 aromatic heterocycles. The highest BCUT2D eigenvalue weighted by Gasteiger charge is 2.31. The second kappa shape index (κ2) is 9.10. The number of likely N-dealkylation sites (tertiary alicyclic amines) is 1. The monoisotopic (exact) mass is 359 g/mol. The molecule has 1 aromatic rings. The first kappa shape index (κ1) is 18.8. The van der Waals surface area contributed by atoms with Crippen molar-refractivity contribution in [3.63, 3.8) is 0 Å². The Morgan fingerprint density at radius 2 is 2.08 bits per heavy atom. The zero-order valence-corrected chi connectivity index (χ0v) is 16.2. The third kappa shape index (κ3) is 5.02. The zero-order valence-electron chi connectivity index (χ0n) is 16.2. The average molecular weight is 360 g/mol. The smallest absolute Gasteiger partial charge is 0.225 e. The summed E-state index contributed by atoms with van der Waals surface area (Å²) in [6, 6.07) is 2.38. The van der Waals surface area contributed by atoms with E-state index in [-0.39, 0.29) is 12.0 Å². The van der Waals surface area contributed by atoms with Crippen molar-refractivity contribution in [1.82, 2.24) is 20.1 Å². The minimum Gasteiger partial charge on any atom is -0.357 e. The molecule has 0 aromatic carbocycles. The summed E-state index contributed by atoms with van der Waals surface area (Å²) in [4.78, 5) is 19.5. The van der Waals surface area contributed by atoms with Gasteiger partial charge in [-0.05, 0) is 37.8 Å². The molecule has 0 spiro atoms. The van der Waals surface area contributed by atoms with Crippen molar-refractivity contribution < 1.29 is 4.79 Å². The standard InChI is InChI=1S/C20H33N5O/c1-3-21-20(22-13-16-9-11-24(2)14-16)23-18-10-12-25(15-18)19(26)17-7-5-4-6-8-17/h9,11,14,17-18H,3-8,10,12-13,15H2,1-2H3,(H2,21,22,23). The van der Waals surface area contributed by atoms with E-state index in [1.807, 2.05) is 17.8 Å². The molecule has 1 saturated heterocycles. The molecule has 2 fully saturated rings. The number of hydrogen-bond donors (Lipinski definition) is 2. The molecule has 2 heterocycles. The van der Waals surface area contributed by atoms with Crippen LogP contribution in [0.25, 0.3) is 0 Å². The van der Waals surface area contributed by atoms with Gasteiger partial charge in [-0.15, -0.1) is 0 Å². The van der Waals surface area contributed by atoms with Gasteiger partial charge in [0.2, 0.25) is 5.91 Å². The van der Waals surface area contributed by atoms with Crippen LogP contribution in [0.2, 0.25) is 0 Å². The quantitative estimate of drug-likeness (QED) is 0.626. The van der Waals surface area contributed by atoms with Gasteiger partial charge < -0.3 is 20.1 Å². The Balaban J connectivity index is 1.52. The van der Waals surface area contributed by atoms with Crippen LogP contribution < -0.4 is 10.6 Å². The van der Waals surface area contributed by atoms with Gasteiger partial charge in [-0.25, -0.2) is 4.99 Å². The van der Waals surface area contributed by atoms with Crippen molar-refractivity contribution in [3.05, 3.63) is 24.0 Å². The van der Waals surface area contributed by atoms with E-state index in [9.17, 15) is 4.79 Å². The van der Waals surface area contributed by atoms with Gasteiger partial charge in [0.1, 0.15) is 0 Å². The maximum Gasteiger partial charge on any atom is 0.225 e. The van der Waals surface area contributed by atoms with Crippen LogP contribution in [0.15, 0.2) is 23.5 Å². The summed E-state index contributed by atoms with van der Waals surface area (Å²) in [5.41, 5.74) is 1.20. The van der Waals surface area contributed by atoms with E-state index in [2.05, 4.69) is 34.7 Å². The fourth-order valence-corrected chi connectivity index (χ4v) is 4.02. The van der Waals surface area contributed by atoms with Crippen LogP contribution in [0.1, 0.15) is 51.0 Å². The summed E-state index contributed by atoms with van der Waals surface area (Å²) < 4.78 is 2.04. The van der Waals surface area contributed by atoms with Gasteiger partial charge in [0.15, 0.2) is 5.96 Å². The molecule has 1 aliphatic heterocycles. The summed E-state index contributed by atoms with van der Waals surface area (Å²) in [6.07, 6.45) is 11.0. The number of guanidine groups is 1. The van der Waals surface area contributed by atoms with Crippen molar-refractivity contribution in [2.45, 2.75) is 58.0 Å². The van der Waals surface area contributed by atoms with Gasteiger partial charge in [0, 0.05) is 51.0 Å². The lowest BCUT2D eigenvalue weighted by Crippen LogP contribution is -2.45. The van der Waals surface area contributed by atoms with Gasteiger partial charge >= 0.3 is 0 Å². The average Bonchev–Trinajstić information content (AvgIpc) is 3.29. The van der Waals surface area contributed by atoms with E-state index in [4.69, 9.17) is 4.99 Å². The number of rotatable bonds is 5. The van der Waals surface area contributed by atoms with Crippen molar-refractivity contribution in [3.8, 4) is 0 Å². The van der Waals surface area contributed by atoms with Crippen LogP contribution in [-0.2, 0) is 18.4 Å². The molecular formula is C20H33N5O. The highest BCUT2D eigenvalue weighted by molar-refractivity contribution is 5.81. The summed E-state index contributed by atoms with van der Waals surface area (Å²) >= 11 is 0. The number of amides is 1. The predicted octanol–water partition coefficient (Wildman–Crippen LogP) is 2.26. The third-order valence-corrected chi connectivity index (χ3v) is 5.45. The maximum absolute atomic E-state index is 12.7. The summed E-state index contributed by atoms with van der Waals surface area (Å²) in [5.74, 6) is 1.48. The summed E-state index contributed by atoms with van der Waals surface area (Å²) in [7, 11) is 2.02. The van der Waals surface area contributed by atoms with E-state index in [0.29, 0.717) is 12.5 Å². The van der Waals surface area contributed by atoms with Gasteiger partial charge in [-0.2, -0.15) is 0 Å². The number of nitrogens with zero attached hydrogens (tertiary/aromatic N) is 3. The topological polar surface area (TPSA) is 61.7 Å². The molecular weight excluding hydrogens is 326 g/mol. The van der Waals surface area contributed by atoms with Crippen molar-refractivity contribution >= 4 is 11.9 Å². The van der Waals surface area contributed by atoms with Crippen LogP contribution in [-0.4, -0.2) is 47.0 Å². The Kier molecular flexibility index (Phi) is 6.58. The largest absolute Gasteiger partial charge is 0.357 e. The normalized spacial score (nSPS) is 21.8. The number of aromatic nitrogens is 1.